The highest BCUT2D eigenvalue weighted by molar-refractivity contribution is 6.29. The summed E-state index contributed by atoms with van der Waals surface area (Å²) in [5.41, 5.74) is 1.28. The van der Waals surface area contributed by atoms with E-state index in [1.807, 2.05) is 30.3 Å². The summed E-state index contributed by atoms with van der Waals surface area (Å²) >= 11 is 5.70. The molecule has 120 valence electrons. The van der Waals surface area contributed by atoms with E-state index in [0.29, 0.717) is 18.5 Å². The molecule has 1 amide bonds. The molecule has 0 unspecified atom stereocenters. The van der Waals surface area contributed by atoms with Gasteiger partial charge in [0.2, 0.25) is 0 Å². The predicted molar refractivity (Wildman–Crippen MR) is 87.5 cm³/mol. The number of carbonyl (C=O) groups excluding carboxylic acids is 1. The molecule has 2 rings (SSSR count). The first-order chi connectivity index (χ1) is 11.1. The zero-order chi connectivity index (χ0) is 16.5. The van der Waals surface area contributed by atoms with E-state index in [1.165, 1.54) is 6.07 Å². The molecule has 0 saturated heterocycles. The summed E-state index contributed by atoms with van der Waals surface area (Å²) in [6.45, 7) is 0.619. The van der Waals surface area contributed by atoms with Crippen molar-refractivity contribution in [1.82, 2.24) is 10.3 Å². The standard InChI is InChI=1S/C17H16ClFN2O2/c18-16-10-14(15(19)11-21-16)8-4-5-9-20-17(22)23-12-13-6-2-1-3-7-13/h1-4,6-8,10-11H,5,9,12H2,(H,20,22). The van der Waals surface area contributed by atoms with Crippen LogP contribution in [-0.4, -0.2) is 17.6 Å². The maximum atomic E-state index is 13.4. The minimum Gasteiger partial charge on any atom is -0.445 e. The summed E-state index contributed by atoms with van der Waals surface area (Å²) in [6, 6.07) is 10.9. The summed E-state index contributed by atoms with van der Waals surface area (Å²) < 4.78 is 18.5. The van der Waals surface area contributed by atoms with Gasteiger partial charge in [0, 0.05) is 12.1 Å². The Morgan fingerprint density at radius 2 is 2.13 bits per heavy atom. The van der Waals surface area contributed by atoms with Gasteiger partial charge in [-0.15, -0.1) is 0 Å². The molecule has 0 saturated carbocycles. The number of rotatable bonds is 6. The van der Waals surface area contributed by atoms with Crippen molar-refractivity contribution in [3.63, 3.8) is 0 Å². The van der Waals surface area contributed by atoms with Crippen molar-refractivity contribution in [2.75, 3.05) is 6.54 Å². The van der Waals surface area contributed by atoms with Crippen molar-refractivity contribution in [1.29, 1.82) is 0 Å². The van der Waals surface area contributed by atoms with E-state index in [1.54, 1.807) is 12.2 Å². The summed E-state index contributed by atoms with van der Waals surface area (Å²) in [5.74, 6) is -0.444. The number of ether oxygens (including phenoxy) is 1. The highest BCUT2D eigenvalue weighted by atomic mass is 35.5. The van der Waals surface area contributed by atoms with E-state index in [0.717, 1.165) is 11.8 Å². The maximum absolute atomic E-state index is 13.4. The van der Waals surface area contributed by atoms with Gasteiger partial charge in [-0.1, -0.05) is 54.1 Å². The molecule has 2 aromatic rings. The molecular formula is C17H16ClFN2O2. The number of nitrogens with one attached hydrogen (secondary N) is 1. The number of nitrogens with zero attached hydrogens (tertiary/aromatic N) is 1. The molecule has 23 heavy (non-hydrogen) atoms. The second-order valence-electron chi connectivity index (χ2n) is 4.71. The van der Waals surface area contributed by atoms with Crippen LogP contribution in [0.2, 0.25) is 5.15 Å². The number of hydrogen-bond acceptors (Lipinski definition) is 3. The molecule has 0 fully saturated rings. The number of aromatic nitrogens is 1. The molecule has 1 aromatic heterocycles. The Morgan fingerprint density at radius 1 is 1.35 bits per heavy atom. The quantitative estimate of drug-likeness (QED) is 0.636. The zero-order valence-electron chi connectivity index (χ0n) is 12.3. The molecule has 0 aliphatic carbocycles. The second kappa shape index (κ2) is 8.90. The third-order valence-corrected chi connectivity index (χ3v) is 3.15. The lowest BCUT2D eigenvalue weighted by Crippen LogP contribution is -2.24. The van der Waals surface area contributed by atoms with Gasteiger partial charge in [-0.2, -0.15) is 0 Å². The first kappa shape index (κ1) is 17.0. The molecule has 0 spiro atoms. The lowest BCUT2D eigenvalue weighted by atomic mass is 10.2. The summed E-state index contributed by atoms with van der Waals surface area (Å²) in [7, 11) is 0. The van der Waals surface area contributed by atoms with Crippen molar-refractivity contribution in [2.45, 2.75) is 13.0 Å². The van der Waals surface area contributed by atoms with Crippen LogP contribution >= 0.6 is 11.6 Å². The van der Waals surface area contributed by atoms with Crippen molar-refractivity contribution in [3.8, 4) is 0 Å². The van der Waals surface area contributed by atoms with E-state index in [-0.39, 0.29) is 11.8 Å². The van der Waals surface area contributed by atoms with E-state index in [4.69, 9.17) is 16.3 Å². The van der Waals surface area contributed by atoms with Crippen LogP contribution < -0.4 is 5.32 Å². The fourth-order valence-electron chi connectivity index (χ4n) is 1.80. The lowest BCUT2D eigenvalue weighted by Gasteiger charge is -2.05. The molecule has 0 aliphatic heterocycles. The minimum atomic E-state index is -0.486. The number of hydrogen-bond donors (Lipinski definition) is 1. The third kappa shape index (κ3) is 6.08. The van der Waals surface area contributed by atoms with E-state index >= 15 is 0 Å². The molecule has 1 aromatic carbocycles. The molecular weight excluding hydrogens is 319 g/mol. The smallest absolute Gasteiger partial charge is 0.407 e. The van der Waals surface area contributed by atoms with E-state index in [9.17, 15) is 9.18 Å². The average Bonchev–Trinajstić information content (AvgIpc) is 2.56. The van der Waals surface area contributed by atoms with Crippen LogP contribution in [-0.2, 0) is 11.3 Å². The number of halogens is 2. The van der Waals surface area contributed by atoms with Crippen LogP contribution in [0.25, 0.3) is 6.08 Å². The molecule has 6 heteroatoms. The number of alkyl carbamates (subject to hydrolysis) is 1. The van der Waals surface area contributed by atoms with Crippen molar-refractivity contribution >= 4 is 23.8 Å². The molecule has 1 N–H and O–H groups in total. The summed E-state index contributed by atoms with van der Waals surface area (Å²) in [4.78, 5) is 15.1. The predicted octanol–water partition coefficient (Wildman–Crippen LogP) is 4.20. The normalized spacial score (nSPS) is 10.7. The van der Waals surface area contributed by atoms with Gasteiger partial charge in [-0.05, 0) is 18.1 Å². The van der Waals surface area contributed by atoms with Crippen molar-refractivity contribution in [3.05, 3.63) is 70.8 Å². The lowest BCUT2D eigenvalue weighted by molar-refractivity contribution is 0.140. The Labute approximate surface area is 139 Å². The Morgan fingerprint density at radius 3 is 2.91 bits per heavy atom. The van der Waals surface area contributed by atoms with Crippen LogP contribution in [0.1, 0.15) is 17.5 Å². The van der Waals surface area contributed by atoms with Gasteiger partial charge < -0.3 is 10.1 Å². The maximum Gasteiger partial charge on any atom is 0.407 e. The van der Waals surface area contributed by atoms with E-state index < -0.39 is 11.9 Å². The molecule has 0 atom stereocenters. The van der Waals surface area contributed by atoms with Gasteiger partial charge in [-0.25, -0.2) is 14.2 Å². The summed E-state index contributed by atoms with van der Waals surface area (Å²) in [5, 5.41) is 2.85. The van der Waals surface area contributed by atoms with E-state index in [2.05, 4.69) is 10.3 Å². The number of benzene rings is 1. The zero-order valence-corrected chi connectivity index (χ0v) is 13.1. The van der Waals surface area contributed by atoms with Gasteiger partial charge in [0.05, 0.1) is 6.20 Å². The highest BCUT2D eigenvalue weighted by Gasteiger charge is 2.02. The molecule has 1 heterocycles. The average molecular weight is 335 g/mol. The van der Waals surface area contributed by atoms with Crippen LogP contribution in [0.3, 0.4) is 0 Å². The Kier molecular flexibility index (Phi) is 6.56. The Bertz CT molecular complexity index is 678. The number of amides is 1. The van der Waals surface area contributed by atoms with Gasteiger partial charge in [0.1, 0.15) is 17.6 Å². The SMILES string of the molecule is O=C(NCCC=Cc1cc(Cl)ncc1F)OCc1ccccc1. The Balaban J connectivity index is 1.67. The van der Waals surface area contributed by atoms with Crippen molar-refractivity contribution in [2.24, 2.45) is 0 Å². The minimum absolute atomic E-state index is 0.225. The molecule has 0 bridgehead atoms. The fourth-order valence-corrected chi connectivity index (χ4v) is 1.96. The largest absolute Gasteiger partial charge is 0.445 e. The molecule has 0 aliphatic rings. The molecule has 4 nitrogen and oxygen atoms in total. The number of pyridine rings is 1. The molecule has 0 radical (unpaired) electrons. The van der Waals surface area contributed by atoms with Crippen LogP contribution in [0, 0.1) is 5.82 Å². The van der Waals surface area contributed by atoms with Gasteiger partial charge in [0.15, 0.2) is 0 Å². The van der Waals surface area contributed by atoms with Gasteiger partial charge >= 0.3 is 6.09 Å². The van der Waals surface area contributed by atoms with Crippen LogP contribution in [0.15, 0.2) is 48.7 Å². The van der Waals surface area contributed by atoms with Crippen LogP contribution in [0.5, 0.6) is 0 Å². The van der Waals surface area contributed by atoms with Crippen molar-refractivity contribution < 1.29 is 13.9 Å². The fraction of sp³-hybridized carbons (Fsp3) is 0.176. The number of carbonyl (C=O) groups is 1. The van der Waals surface area contributed by atoms with Gasteiger partial charge in [0.25, 0.3) is 0 Å². The first-order valence-corrected chi connectivity index (χ1v) is 7.45. The monoisotopic (exact) mass is 334 g/mol. The topological polar surface area (TPSA) is 51.2 Å². The second-order valence-corrected chi connectivity index (χ2v) is 5.10. The first-order valence-electron chi connectivity index (χ1n) is 7.07. The van der Waals surface area contributed by atoms with Crippen LogP contribution in [0.4, 0.5) is 9.18 Å². The Hall–Kier alpha value is -2.40. The highest BCUT2D eigenvalue weighted by Crippen LogP contribution is 2.13. The third-order valence-electron chi connectivity index (χ3n) is 2.94. The summed E-state index contributed by atoms with van der Waals surface area (Å²) in [6.07, 6.45) is 4.47. The van der Waals surface area contributed by atoms with Gasteiger partial charge in [-0.3, -0.25) is 0 Å².